The second-order valence-corrected chi connectivity index (χ2v) is 8.21. The molecule has 0 bridgehead atoms. The van der Waals surface area contributed by atoms with Crippen molar-refractivity contribution in [3.63, 3.8) is 0 Å². The summed E-state index contributed by atoms with van der Waals surface area (Å²) in [4.78, 5) is 26.6. The lowest BCUT2D eigenvalue weighted by Gasteiger charge is -2.23. The number of hydrogen-bond acceptors (Lipinski definition) is 5. The van der Waals surface area contributed by atoms with Gasteiger partial charge in [0.15, 0.2) is 0 Å². The summed E-state index contributed by atoms with van der Waals surface area (Å²) in [7, 11) is 1.38. The maximum atomic E-state index is 12.3. The summed E-state index contributed by atoms with van der Waals surface area (Å²) in [5.74, 6) is -0.742. The number of amides is 1. The molecule has 3 rings (SSSR count). The first-order chi connectivity index (χ1) is 13.3. The number of benzene rings is 2. The summed E-state index contributed by atoms with van der Waals surface area (Å²) < 4.78 is 10.3. The Morgan fingerprint density at radius 2 is 1.82 bits per heavy atom. The largest absolute Gasteiger partial charge is 0.469 e. The Hall–Kier alpha value is -2.60. The van der Waals surface area contributed by atoms with Crippen LogP contribution in [0.25, 0.3) is 10.8 Å². The Kier molecular flexibility index (Phi) is 5.89. The minimum absolute atomic E-state index is 0.318. The zero-order chi connectivity index (χ0) is 20.3. The molecule has 2 atom stereocenters. The van der Waals surface area contributed by atoms with Gasteiger partial charge in [-0.2, -0.15) is 0 Å². The number of carbonyl (C=O) groups is 2. The van der Waals surface area contributed by atoms with Crippen LogP contribution in [0.5, 0.6) is 0 Å². The van der Waals surface area contributed by atoms with Gasteiger partial charge >= 0.3 is 12.1 Å². The molecule has 0 radical (unpaired) electrons. The van der Waals surface area contributed by atoms with Crippen LogP contribution in [0.15, 0.2) is 42.5 Å². The third-order valence-electron chi connectivity index (χ3n) is 4.88. The van der Waals surface area contributed by atoms with Gasteiger partial charge < -0.3 is 14.8 Å². The molecular weight excluding hydrogens is 356 g/mol. The van der Waals surface area contributed by atoms with E-state index in [2.05, 4.69) is 34.5 Å². The molecule has 1 saturated heterocycles. The first kappa shape index (κ1) is 20.1. The van der Waals surface area contributed by atoms with Gasteiger partial charge in [-0.1, -0.05) is 42.5 Å². The summed E-state index contributed by atoms with van der Waals surface area (Å²) in [6, 6.07) is 14.1. The van der Waals surface area contributed by atoms with Gasteiger partial charge in [0, 0.05) is 19.6 Å². The van der Waals surface area contributed by atoms with Crippen LogP contribution in [0.2, 0.25) is 0 Å². The van der Waals surface area contributed by atoms with Crippen LogP contribution in [-0.2, 0) is 20.8 Å². The summed E-state index contributed by atoms with van der Waals surface area (Å²) in [5.41, 5.74) is 0.603. The number of rotatable bonds is 4. The van der Waals surface area contributed by atoms with E-state index < -0.39 is 17.6 Å². The second kappa shape index (κ2) is 8.19. The molecular formula is C22H28N2O4. The molecule has 0 aliphatic carbocycles. The number of hydrogen-bond donors (Lipinski definition) is 1. The molecule has 150 valence electrons. The molecule has 6 heteroatoms. The molecule has 1 N–H and O–H groups in total. The third-order valence-corrected chi connectivity index (χ3v) is 4.88. The van der Waals surface area contributed by atoms with Gasteiger partial charge in [0.2, 0.25) is 0 Å². The fourth-order valence-electron chi connectivity index (χ4n) is 3.68. The predicted molar refractivity (Wildman–Crippen MR) is 108 cm³/mol. The van der Waals surface area contributed by atoms with Crippen LogP contribution in [0.3, 0.4) is 0 Å². The van der Waals surface area contributed by atoms with E-state index in [4.69, 9.17) is 9.47 Å². The van der Waals surface area contributed by atoms with Gasteiger partial charge in [-0.25, -0.2) is 4.79 Å². The molecule has 1 heterocycles. The number of nitrogens with zero attached hydrogens (tertiary/aromatic N) is 1. The second-order valence-electron chi connectivity index (χ2n) is 8.21. The number of likely N-dealkylation sites (tertiary alicyclic amines) is 1. The van der Waals surface area contributed by atoms with Crippen LogP contribution in [0.1, 0.15) is 26.3 Å². The topological polar surface area (TPSA) is 67.9 Å². The summed E-state index contributed by atoms with van der Waals surface area (Å²) >= 11 is 0. The van der Waals surface area contributed by atoms with Crippen molar-refractivity contribution in [1.29, 1.82) is 0 Å². The highest BCUT2D eigenvalue weighted by molar-refractivity contribution is 5.85. The average molecular weight is 384 g/mol. The number of esters is 1. The molecule has 1 unspecified atom stereocenters. The van der Waals surface area contributed by atoms with Crippen molar-refractivity contribution in [3.8, 4) is 0 Å². The predicted octanol–water partition coefficient (Wildman–Crippen LogP) is 3.34. The first-order valence-electron chi connectivity index (χ1n) is 9.53. The molecule has 2 aromatic carbocycles. The number of alkyl carbamates (subject to hydrolysis) is 1. The molecule has 6 nitrogen and oxygen atoms in total. The van der Waals surface area contributed by atoms with Crippen LogP contribution in [-0.4, -0.2) is 48.8 Å². The van der Waals surface area contributed by atoms with E-state index in [1.54, 1.807) is 0 Å². The van der Waals surface area contributed by atoms with Crippen LogP contribution in [0, 0.1) is 5.92 Å². The molecule has 1 aliphatic heterocycles. The maximum Gasteiger partial charge on any atom is 0.407 e. The molecule has 28 heavy (non-hydrogen) atoms. The van der Waals surface area contributed by atoms with Crippen molar-refractivity contribution in [3.05, 3.63) is 48.0 Å². The van der Waals surface area contributed by atoms with Crippen molar-refractivity contribution in [2.75, 3.05) is 20.2 Å². The number of methoxy groups -OCH3 is 1. The number of ether oxygens (including phenoxy) is 2. The number of fused-ring (bicyclic) bond motifs is 1. The highest BCUT2D eigenvalue weighted by Crippen LogP contribution is 2.25. The Morgan fingerprint density at radius 3 is 2.54 bits per heavy atom. The fourth-order valence-corrected chi connectivity index (χ4v) is 3.68. The van der Waals surface area contributed by atoms with E-state index in [1.165, 1.54) is 23.4 Å². The van der Waals surface area contributed by atoms with Crippen molar-refractivity contribution in [2.45, 2.75) is 39.0 Å². The van der Waals surface area contributed by atoms with Gasteiger partial charge in [0.1, 0.15) is 5.60 Å². The first-order valence-corrected chi connectivity index (χ1v) is 9.53. The average Bonchev–Trinajstić information content (AvgIpc) is 3.02. The van der Waals surface area contributed by atoms with Gasteiger partial charge in [-0.05, 0) is 37.1 Å². The zero-order valence-electron chi connectivity index (χ0n) is 16.9. The molecule has 0 spiro atoms. The molecule has 1 aliphatic rings. The van der Waals surface area contributed by atoms with E-state index in [1.807, 2.05) is 39.0 Å². The van der Waals surface area contributed by atoms with Gasteiger partial charge in [0.25, 0.3) is 0 Å². The minimum atomic E-state index is -0.591. The lowest BCUT2D eigenvalue weighted by molar-refractivity contribution is -0.145. The number of nitrogens with one attached hydrogen (secondary N) is 1. The summed E-state index contributed by atoms with van der Waals surface area (Å²) in [6.07, 6.45) is -0.515. The Balaban J connectivity index is 1.74. The Labute approximate surface area is 165 Å². The van der Waals surface area contributed by atoms with E-state index in [9.17, 15) is 9.59 Å². The third kappa shape index (κ3) is 4.81. The Morgan fingerprint density at radius 1 is 1.11 bits per heavy atom. The van der Waals surface area contributed by atoms with Gasteiger partial charge in [0.05, 0.1) is 19.1 Å². The van der Waals surface area contributed by atoms with Gasteiger partial charge in [-0.3, -0.25) is 9.69 Å². The highest BCUT2D eigenvalue weighted by Gasteiger charge is 2.40. The van der Waals surface area contributed by atoms with Crippen LogP contribution >= 0.6 is 0 Å². The minimum Gasteiger partial charge on any atom is -0.469 e. The van der Waals surface area contributed by atoms with Crippen molar-refractivity contribution >= 4 is 22.8 Å². The van der Waals surface area contributed by atoms with Crippen molar-refractivity contribution < 1.29 is 19.1 Å². The molecule has 2 aromatic rings. The van der Waals surface area contributed by atoms with Crippen molar-refractivity contribution in [1.82, 2.24) is 10.2 Å². The lowest BCUT2D eigenvalue weighted by Crippen LogP contribution is -2.45. The van der Waals surface area contributed by atoms with Crippen molar-refractivity contribution in [2.24, 2.45) is 5.92 Å². The highest BCUT2D eigenvalue weighted by atomic mass is 16.6. The van der Waals surface area contributed by atoms with Crippen LogP contribution in [0.4, 0.5) is 4.79 Å². The van der Waals surface area contributed by atoms with E-state index in [0.717, 1.165) is 0 Å². The summed E-state index contributed by atoms with van der Waals surface area (Å²) in [5, 5.41) is 5.23. The van der Waals surface area contributed by atoms with E-state index in [0.29, 0.717) is 19.6 Å². The number of carbonyl (C=O) groups excluding carboxylic acids is 2. The lowest BCUT2D eigenvalue weighted by atomic mass is 10.0. The fraction of sp³-hybridized carbons (Fsp3) is 0.455. The quantitative estimate of drug-likeness (QED) is 0.819. The standard InChI is InChI=1S/C22H28N2O4/c1-22(2,3)28-21(26)23-19-14-24(13-18(19)20(25)27-4)12-16-10-7-9-15-8-5-6-11-17(15)16/h5-11,18-19H,12-14H2,1-4H3,(H,23,26)/t18?,19-/m1/s1. The SMILES string of the molecule is COC(=O)C1CN(Cc2cccc3ccccc23)C[C@H]1NC(=O)OC(C)(C)C. The molecule has 0 aromatic heterocycles. The Bertz CT molecular complexity index is 854. The summed E-state index contributed by atoms with van der Waals surface area (Å²) in [6.45, 7) is 7.21. The molecule has 1 fully saturated rings. The normalized spacial score (nSPS) is 20.1. The van der Waals surface area contributed by atoms with Crippen LogP contribution < -0.4 is 5.32 Å². The zero-order valence-corrected chi connectivity index (χ0v) is 16.9. The molecule has 1 amide bonds. The molecule has 0 saturated carbocycles. The smallest absolute Gasteiger partial charge is 0.407 e. The van der Waals surface area contributed by atoms with Gasteiger partial charge in [-0.15, -0.1) is 0 Å². The van der Waals surface area contributed by atoms with E-state index >= 15 is 0 Å². The monoisotopic (exact) mass is 384 g/mol. The van der Waals surface area contributed by atoms with E-state index in [-0.39, 0.29) is 12.0 Å². The maximum absolute atomic E-state index is 12.3.